The van der Waals surface area contributed by atoms with Crippen LogP contribution in [0.15, 0.2) is 24.3 Å². The lowest BCUT2D eigenvalue weighted by molar-refractivity contribution is 0.268. The Morgan fingerprint density at radius 3 is 2.60 bits per heavy atom. The molecule has 2 heterocycles. The van der Waals surface area contributed by atoms with E-state index < -0.39 is 0 Å². The van der Waals surface area contributed by atoms with E-state index in [1.807, 2.05) is 35.7 Å². The topological polar surface area (TPSA) is 61.5 Å². The van der Waals surface area contributed by atoms with E-state index in [-0.39, 0.29) is 0 Å². The van der Waals surface area contributed by atoms with Crippen LogP contribution in [-0.4, -0.2) is 26.4 Å². The number of hydrogen-bond acceptors (Lipinski definition) is 6. The predicted molar refractivity (Wildman–Crippen MR) is 96.4 cm³/mol. The van der Waals surface area contributed by atoms with Crippen molar-refractivity contribution in [1.29, 1.82) is 0 Å². The summed E-state index contributed by atoms with van der Waals surface area (Å²) in [6, 6.07) is 7.71. The molecule has 4 rings (SSSR count). The van der Waals surface area contributed by atoms with Crippen LogP contribution >= 0.6 is 11.3 Å². The van der Waals surface area contributed by atoms with Gasteiger partial charge in [0, 0.05) is 5.92 Å². The average molecular weight is 358 g/mol. The van der Waals surface area contributed by atoms with Gasteiger partial charge in [0.2, 0.25) is 4.96 Å². The Hall–Kier alpha value is -2.15. The highest BCUT2D eigenvalue weighted by Crippen LogP contribution is 2.32. The number of nitrogens with zero attached hydrogens (tertiary/aromatic N) is 4. The fraction of sp³-hybridized carbons (Fsp3) is 0.500. The number of rotatable bonds is 6. The summed E-state index contributed by atoms with van der Waals surface area (Å²) in [4.78, 5) is 0.845. The van der Waals surface area contributed by atoms with E-state index >= 15 is 0 Å². The Kier molecular flexibility index (Phi) is 4.83. The maximum absolute atomic E-state index is 5.92. The minimum Gasteiger partial charge on any atom is -0.490 e. The highest BCUT2D eigenvalue weighted by Gasteiger charge is 2.23. The lowest BCUT2D eigenvalue weighted by Crippen LogP contribution is -2.09. The summed E-state index contributed by atoms with van der Waals surface area (Å²) in [6.45, 7) is 2.98. The first-order chi connectivity index (χ1) is 12.3. The van der Waals surface area contributed by atoms with E-state index in [1.54, 1.807) is 0 Å². The Morgan fingerprint density at radius 1 is 1.08 bits per heavy atom. The van der Waals surface area contributed by atoms with Crippen LogP contribution in [-0.2, 0) is 6.61 Å². The molecular formula is C18H22N4O2S. The van der Waals surface area contributed by atoms with Crippen LogP contribution in [0, 0.1) is 0 Å². The SMILES string of the molecule is CCOc1ccccc1OCc1nn2c(C3CCCCC3)nnc2s1. The molecule has 1 aliphatic rings. The number of ether oxygens (including phenoxy) is 2. The third kappa shape index (κ3) is 3.46. The summed E-state index contributed by atoms with van der Waals surface area (Å²) in [5, 5.41) is 14.3. The van der Waals surface area contributed by atoms with E-state index in [2.05, 4.69) is 15.3 Å². The molecule has 0 aliphatic heterocycles. The van der Waals surface area contributed by atoms with E-state index in [0.717, 1.165) is 27.3 Å². The smallest absolute Gasteiger partial charge is 0.234 e. The second kappa shape index (κ2) is 7.39. The van der Waals surface area contributed by atoms with Crippen molar-refractivity contribution in [3.63, 3.8) is 0 Å². The summed E-state index contributed by atoms with van der Waals surface area (Å²) >= 11 is 1.53. The van der Waals surface area contributed by atoms with Crippen molar-refractivity contribution < 1.29 is 9.47 Å². The van der Waals surface area contributed by atoms with Crippen molar-refractivity contribution in [2.24, 2.45) is 0 Å². The number of fused-ring (bicyclic) bond motifs is 1. The van der Waals surface area contributed by atoms with Crippen LogP contribution in [0.1, 0.15) is 55.8 Å². The molecule has 0 radical (unpaired) electrons. The molecule has 0 spiro atoms. The number of benzene rings is 1. The summed E-state index contributed by atoms with van der Waals surface area (Å²) in [7, 11) is 0. The zero-order chi connectivity index (χ0) is 17.1. The van der Waals surface area contributed by atoms with Crippen LogP contribution in [0.3, 0.4) is 0 Å². The van der Waals surface area contributed by atoms with Crippen molar-refractivity contribution in [1.82, 2.24) is 19.8 Å². The summed E-state index contributed by atoms with van der Waals surface area (Å²) in [5.41, 5.74) is 0. The van der Waals surface area contributed by atoms with Gasteiger partial charge in [-0.15, -0.1) is 10.2 Å². The quantitative estimate of drug-likeness (QED) is 0.660. The second-order valence-electron chi connectivity index (χ2n) is 6.25. The summed E-state index contributed by atoms with van der Waals surface area (Å²) < 4.78 is 13.4. The van der Waals surface area contributed by atoms with Gasteiger partial charge in [-0.3, -0.25) is 0 Å². The zero-order valence-corrected chi connectivity index (χ0v) is 15.2. The molecule has 0 N–H and O–H groups in total. The fourth-order valence-corrected chi connectivity index (χ4v) is 4.08. The van der Waals surface area contributed by atoms with Crippen LogP contribution in [0.4, 0.5) is 0 Å². The van der Waals surface area contributed by atoms with E-state index in [1.165, 1.54) is 43.4 Å². The highest BCUT2D eigenvalue weighted by molar-refractivity contribution is 7.16. The molecule has 1 aromatic carbocycles. The van der Waals surface area contributed by atoms with Crippen molar-refractivity contribution in [3.8, 4) is 11.5 Å². The van der Waals surface area contributed by atoms with Gasteiger partial charge < -0.3 is 9.47 Å². The van der Waals surface area contributed by atoms with Gasteiger partial charge in [0.25, 0.3) is 0 Å². The van der Waals surface area contributed by atoms with Crippen LogP contribution in [0.25, 0.3) is 4.96 Å². The van der Waals surface area contributed by atoms with Gasteiger partial charge in [-0.1, -0.05) is 42.7 Å². The first kappa shape index (κ1) is 16.3. The van der Waals surface area contributed by atoms with Crippen LogP contribution in [0.5, 0.6) is 11.5 Å². The molecule has 3 aromatic rings. The second-order valence-corrected chi connectivity index (χ2v) is 7.29. The van der Waals surface area contributed by atoms with Gasteiger partial charge in [-0.25, -0.2) is 0 Å². The van der Waals surface area contributed by atoms with Gasteiger partial charge in [0.1, 0.15) is 6.61 Å². The summed E-state index contributed by atoms with van der Waals surface area (Å²) in [5.74, 6) is 2.99. The zero-order valence-electron chi connectivity index (χ0n) is 14.4. The van der Waals surface area contributed by atoms with Crippen LogP contribution in [0.2, 0.25) is 0 Å². The molecule has 25 heavy (non-hydrogen) atoms. The van der Waals surface area contributed by atoms with Crippen molar-refractivity contribution in [2.75, 3.05) is 6.61 Å². The van der Waals surface area contributed by atoms with Gasteiger partial charge >= 0.3 is 0 Å². The molecule has 6 nitrogen and oxygen atoms in total. The first-order valence-electron chi connectivity index (χ1n) is 8.91. The molecule has 1 fully saturated rings. The van der Waals surface area contributed by atoms with Gasteiger partial charge in [-0.05, 0) is 31.9 Å². The minimum absolute atomic E-state index is 0.405. The molecule has 0 atom stereocenters. The van der Waals surface area contributed by atoms with Gasteiger partial charge in [0.05, 0.1) is 6.61 Å². The highest BCUT2D eigenvalue weighted by atomic mass is 32.1. The number of aromatic nitrogens is 4. The lowest BCUT2D eigenvalue weighted by atomic mass is 9.89. The molecule has 0 unspecified atom stereocenters. The largest absolute Gasteiger partial charge is 0.490 e. The Labute approximate surface area is 150 Å². The van der Waals surface area contributed by atoms with Crippen molar-refractivity contribution in [2.45, 2.75) is 51.6 Å². The molecular weight excluding hydrogens is 336 g/mol. The first-order valence-corrected chi connectivity index (χ1v) is 9.72. The number of hydrogen-bond donors (Lipinski definition) is 0. The normalized spacial score (nSPS) is 15.6. The Balaban J connectivity index is 1.50. The van der Waals surface area contributed by atoms with Crippen LogP contribution < -0.4 is 9.47 Å². The molecule has 1 saturated carbocycles. The lowest BCUT2D eigenvalue weighted by Gasteiger charge is -2.18. The van der Waals surface area contributed by atoms with E-state index in [9.17, 15) is 0 Å². The van der Waals surface area contributed by atoms with Gasteiger partial charge in [0.15, 0.2) is 22.3 Å². The molecule has 2 aromatic heterocycles. The third-order valence-corrected chi connectivity index (χ3v) is 5.40. The predicted octanol–water partition coefficient (Wildman–Crippen LogP) is 4.21. The van der Waals surface area contributed by atoms with E-state index in [0.29, 0.717) is 19.1 Å². The minimum atomic E-state index is 0.405. The summed E-state index contributed by atoms with van der Waals surface area (Å²) in [6.07, 6.45) is 6.24. The maximum atomic E-state index is 5.92. The average Bonchev–Trinajstić information content (AvgIpc) is 3.22. The van der Waals surface area contributed by atoms with Crippen molar-refractivity contribution in [3.05, 3.63) is 35.1 Å². The maximum Gasteiger partial charge on any atom is 0.234 e. The monoisotopic (exact) mass is 358 g/mol. The molecule has 132 valence electrons. The molecule has 1 aliphatic carbocycles. The van der Waals surface area contributed by atoms with Crippen molar-refractivity contribution >= 4 is 16.3 Å². The third-order valence-electron chi connectivity index (χ3n) is 4.53. The molecule has 0 bridgehead atoms. The number of para-hydroxylation sites is 2. The Bertz CT molecular complexity index is 839. The van der Waals surface area contributed by atoms with E-state index in [4.69, 9.17) is 9.47 Å². The molecule has 7 heteroatoms. The van der Waals surface area contributed by atoms with Gasteiger partial charge in [-0.2, -0.15) is 9.61 Å². The molecule has 0 amide bonds. The fourth-order valence-electron chi connectivity index (χ4n) is 3.33. The Morgan fingerprint density at radius 2 is 1.84 bits per heavy atom. The standard InChI is InChI=1S/C18H22N4O2S/c1-2-23-14-10-6-7-11-15(14)24-12-16-21-22-17(19-20-18(22)25-16)13-8-4-3-5-9-13/h6-7,10-11,13H,2-5,8-9,12H2,1H3. The molecule has 0 saturated heterocycles.